The van der Waals surface area contributed by atoms with Crippen molar-refractivity contribution in [1.82, 2.24) is 15.5 Å². The molecule has 0 heterocycles. The van der Waals surface area contributed by atoms with Gasteiger partial charge in [0.2, 0.25) is 5.91 Å². The number of guanidine groups is 1. The number of hydrogen-bond acceptors (Lipinski definition) is 2. The van der Waals surface area contributed by atoms with Crippen molar-refractivity contribution in [3.05, 3.63) is 0 Å². The summed E-state index contributed by atoms with van der Waals surface area (Å²) in [4.78, 5) is 17.9. The van der Waals surface area contributed by atoms with E-state index < -0.39 is 0 Å². The van der Waals surface area contributed by atoms with E-state index in [1.165, 1.54) is 64.2 Å². The molecule has 2 N–H and O–H groups in total. The summed E-state index contributed by atoms with van der Waals surface area (Å²) in [5.41, 5.74) is 0. The van der Waals surface area contributed by atoms with Crippen LogP contribution in [0.25, 0.3) is 0 Å². The molecule has 2 aliphatic carbocycles. The van der Waals surface area contributed by atoms with Crippen LogP contribution in [0.4, 0.5) is 0 Å². The van der Waals surface area contributed by atoms with Gasteiger partial charge in [-0.15, -0.1) is 24.0 Å². The molecule has 0 atom stereocenters. The first-order chi connectivity index (χ1) is 11.1. The third-order valence-electron chi connectivity index (χ3n) is 5.10. The van der Waals surface area contributed by atoms with Gasteiger partial charge in [0.15, 0.2) is 5.96 Å². The molecule has 0 bridgehead atoms. The second-order valence-electron chi connectivity index (χ2n) is 7.32. The molecule has 2 saturated carbocycles. The molecule has 2 fully saturated rings. The first-order valence-electron chi connectivity index (χ1n) is 9.40. The maximum atomic E-state index is 11.8. The molecule has 5 nitrogen and oxygen atoms in total. The molecule has 0 spiro atoms. The summed E-state index contributed by atoms with van der Waals surface area (Å²) < 4.78 is 0. The maximum absolute atomic E-state index is 11.8. The van der Waals surface area contributed by atoms with Gasteiger partial charge in [0.25, 0.3) is 0 Å². The lowest BCUT2D eigenvalue weighted by atomic mass is 9.89. The predicted molar refractivity (Wildman–Crippen MR) is 111 cm³/mol. The zero-order valence-corrected chi connectivity index (χ0v) is 17.7. The zero-order valence-electron chi connectivity index (χ0n) is 15.4. The molecular weight excluding hydrogens is 415 g/mol. The largest absolute Gasteiger partial charge is 0.356 e. The van der Waals surface area contributed by atoms with Crippen LogP contribution in [0, 0.1) is 5.92 Å². The Morgan fingerprint density at radius 2 is 1.58 bits per heavy atom. The van der Waals surface area contributed by atoms with Crippen LogP contribution in [0.1, 0.15) is 64.2 Å². The number of aliphatic imine (C=N–C) groups is 1. The molecule has 0 saturated heterocycles. The van der Waals surface area contributed by atoms with Crippen molar-refractivity contribution in [3.63, 3.8) is 0 Å². The van der Waals surface area contributed by atoms with Gasteiger partial charge in [-0.1, -0.05) is 38.5 Å². The number of carbonyl (C=O) groups excluding carboxylic acids is 1. The van der Waals surface area contributed by atoms with Crippen LogP contribution >= 0.6 is 24.0 Å². The minimum absolute atomic E-state index is 0. The van der Waals surface area contributed by atoms with Crippen LogP contribution in [-0.2, 0) is 4.79 Å². The van der Waals surface area contributed by atoms with E-state index in [4.69, 9.17) is 0 Å². The predicted octanol–water partition coefficient (Wildman–Crippen LogP) is 3.14. The number of rotatable bonds is 5. The standard InChI is InChI=1S/C18H34N4O.HI/c1-22(2)17(23)14-20-18(21-16-11-7-4-8-12-16)19-13-15-9-5-3-6-10-15;/h15-16H,3-14H2,1-2H3,(H2,19,20,21);1H. The molecule has 0 aliphatic heterocycles. The molecule has 6 heteroatoms. The van der Waals surface area contributed by atoms with Crippen molar-refractivity contribution in [2.45, 2.75) is 70.3 Å². The first kappa shape index (κ1) is 21.5. The van der Waals surface area contributed by atoms with Crippen LogP contribution in [0.2, 0.25) is 0 Å². The van der Waals surface area contributed by atoms with Crippen LogP contribution in [0.3, 0.4) is 0 Å². The van der Waals surface area contributed by atoms with E-state index in [9.17, 15) is 4.79 Å². The van der Waals surface area contributed by atoms with Gasteiger partial charge in [-0.25, -0.2) is 4.99 Å². The van der Waals surface area contributed by atoms with Crippen molar-refractivity contribution in [2.75, 3.05) is 27.2 Å². The second kappa shape index (κ2) is 11.9. The van der Waals surface area contributed by atoms with Crippen LogP contribution in [0.5, 0.6) is 0 Å². The molecule has 1 amide bonds. The van der Waals surface area contributed by atoms with Crippen molar-refractivity contribution in [3.8, 4) is 0 Å². The lowest BCUT2D eigenvalue weighted by Crippen LogP contribution is -2.46. The fourth-order valence-electron chi connectivity index (χ4n) is 3.51. The van der Waals surface area contributed by atoms with Crippen LogP contribution in [0.15, 0.2) is 4.99 Å². The SMILES string of the molecule is CN(C)C(=O)CN=C(NCC1CCCCC1)NC1CCCCC1.I. The van der Waals surface area contributed by atoms with E-state index >= 15 is 0 Å². The minimum Gasteiger partial charge on any atom is -0.356 e. The summed E-state index contributed by atoms with van der Waals surface area (Å²) in [5, 5.41) is 7.06. The lowest BCUT2D eigenvalue weighted by molar-refractivity contribution is -0.127. The second-order valence-corrected chi connectivity index (χ2v) is 7.32. The summed E-state index contributed by atoms with van der Waals surface area (Å²) in [6, 6.07) is 0.510. The Morgan fingerprint density at radius 1 is 1.00 bits per heavy atom. The van der Waals surface area contributed by atoms with E-state index in [0.29, 0.717) is 6.04 Å². The molecule has 24 heavy (non-hydrogen) atoms. The number of amides is 1. The van der Waals surface area contributed by atoms with Gasteiger partial charge >= 0.3 is 0 Å². The van der Waals surface area contributed by atoms with Crippen molar-refractivity contribution in [1.29, 1.82) is 0 Å². The fraction of sp³-hybridized carbons (Fsp3) is 0.889. The molecule has 0 aromatic rings. The van der Waals surface area contributed by atoms with Gasteiger partial charge < -0.3 is 15.5 Å². The molecule has 0 aromatic heterocycles. The average Bonchev–Trinajstić information content (AvgIpc) is 2.58. The van der Waals surface area contributed by atoms with Crippen molar-refractivity contribution < 1.29 is 4.79 Å². The normalized spacial score (nSPS) is 20.2. The average molecular weight is 450 g/mol. The van der Waals surface area contributed by atoms with Gasteiger partial charge in [0, 0.05) is 26.7 Å². The molecule has 0 unspecified atom stereocenters. The van der Waals surface area contributed by atoms with Gasteiger partial charge in [-0.05, 0) is 31.6 Å². The maximum Gasteiger partial charge on any atom is 0.243 e. The third kappa shape index (κ3) is 8.03. The smallest absolute Gasteiger partial charge is 0.243 e. The van der Waals surface area contributed by atoms with Gasteiger partial charge in [0.05, 0.1) is 0 Å². The summed E-state index contributed by atoms with van der Waals surface area (Å²) in [7, 11) is 3.56. The number of halogens is 1. The molecule has 0 aromatic carbocycles. The summed E-state index contributed by atoms with van der Waals surface area (Å²) in [6.07, 6.45) is 13.1. The molecule has 2 aliphatic rings. The fourth-order valence-corrected chi connectivity index (χ4v) is 3.51. The number of nitrogens with one attached hydrogen (secondary N) is 2. The van der Waals surface area contributed by atoms with Gasteiger partial charge in [-0.3, -0.25) is 4.79 Å². The number of carbonyl (C=O) groups is 1. The van der Waals surface area contributed by atoms with E-state index in [-0.39, 0.29) is 36.4 Å². The number of nitrogens with zero attached hydrogens (tertiary/aromatic N) is 2. The van der Waals surface area contributed by atoms with Crippen molar-refractivity contribution >= 4 is 35.8 Å². The third-order valence-corrected chi connectivity index (χ3v) is 5.10. The Balaban J connectivity index is 0.00000288. The molecular formula is C18H35IN4O. The lowest BCUT2D eigenvalue weighted by Gasteiger charge is -2.27. The van der Waals surface area contributed by atoms with Crippen LogP contribution in [-0.4, -0.2) is 50.0 Å². The monoisotopic (exact) mass is 450 g/mol. The molecule has 2 rings (SSSR count). The zero-order chi connectivity index (χ0) is 16.5. The Kier molecular flexibility index (Phi) is 10.7. The Hall–Kier alpha value is -0.530. The first-order valence-corrected chi connectivity index (χ1v) is 9.40. The van der Waals surface area contributed by atoms with Gasteiger partial charge in [0.1, 0.15) is 6.54 Å². The highest BCUT2D eigenvalue weighted by molar-refractivity contribution is 14.0. The highest BCUT2D eigenvalue weighted by Gasteiger charge is 2.17. The summed E-state index contributed by atoms with van der Waals surface area (Å²) >= 11 is 0. The number of hydrogen-bond donors (Lipinski definition) is 2. The molecule has 140 valence electrons. The summed E-state index contributed by atoms with van der Waals surface area (Å²) in [6.45, 7) is 1.20. The van der Waals surface area contributed by atoms with Crippen LogP contribution < -0.4 is 10.6 Å². The Bertz CT molecular complexity index is 388. The van der Waals surface area contributed by atoms with Gasteiger partial charge in [-0.2, -0.15) is 0 Å². The molecule has 0 radical (unpaired) electrons. The minimum atomic E-state index is 0. The highest BCUT2D eigenvalue weighted by atomic mass is 127. The Morgan fingerprint density at radius 3 is 2.17 bits per heavy atom. The van der Waals surface area contributed by atoms with E-state index in [0.717, 1.165) is 18.4 Å². The summed E-state index contributed by atoms with van der Waals surface area (Å²) in [5.74, 6) is 1.64. The van der Waals surface area contributed by atoms with E-state index in [1.54, 1.807) is 19.0 Å². The van der Waals surface area contributed by atoms with E-state index in [2.05, 4.69) is 15.6 Å². The highest BCUT2D eigenvalue weighted by Crippen LogP contribution is 2.22. The van der Waals surface area contributed by atoms with Crippen molar-refractivity contribution in [2.24, 2.45) is 10.9 Å². The number of likely N-dealkylation sites (N-methyl/N-ethyl adjacent to an activating group) is 1. The topological polar surface area (TPSA) is 56.7 Å². The quantitative estimate of drug-likeness (QED) is 0.385. The Labute approximate surface area is 164 Å². The van der Waals surface area contributed by atoms with E-state index in [1.807, 2.05) is 0 Å².